The van der Waals surface area contributed by atoms with E-state index in [0.29, 0.717) is 6.54 Å². The minimum absolute atomic E-state index is 0.162. The van der Waals surface area contributed by atoms with Crippen LogP contribution in [0.25, 0.3) is 0 Å². The number of carbonyl (C=O) groups excluding carboxylic acids is 1. The van der Waals surface area contributed by atoms with Crippen LogP contribution in [0.4, 0.5) is 5.69 Å². The first kappa shape index (κ1) is 14.8. The van der Waals surface area contributed by atoms with Gasteiger partial charge in [-0.2, -0.15) is 0 Å². The van der Waals surface area contributed by atoms with E-state index in [4.69, 9.17) is 0 Å². The maximum atomic E-state index is 12.6. The summed E-state index contributed by atoms with van der Waals surface area (Å²) in [4.78, 5) is 14.5. The average Bonchev–Trinajstić information content (AvgIpc) is 2.61. The molecule has 1 amide bonds. The number of nitrogens with one attached hydrogen (secondary N) is 1. The van der Waals surface area contributed by atoms with E-state index in [-0.39, 0.29) is 5.91 Å². The van der Waals surface area contributed by atoms with Gasteiger partial charge in [-0.1, -0.05) is 31.7 Å². The fourth-order valence-electron chi connectivity index (χ4n) is 2.68. The third-order valence-corrected chi connectivity index (χ3v) is 3.83. The second-order valence-corrected chi connectivity index (χ2v) is 5.96. The number of para-hydroxylation sites is 1. The Balaban J connectivity index is 2.13. The van der Waals surface area contributed by atoms with Gasteiger partial charge in [0, 0.05) is 18.8 Å². The molecule has 1 N–H and O–H groups in total. The molecular formula is C17H24N2O. The normalized spacial score (nSPS) is 16.4. The number of amides is 1. The largest absolute Gasteiger partial charge is 0.313 e. The fraction of sp³-hybridized carbons (Fsp3) is 0.471. The molecule has 20 heavy (non-hydrogen) atoms. The van der Waals surface area contributed by atoms with Crippen LogP contribution in [-0.4, -0.2) is 25.5 Å². The Bertz CT molecular complexity index is 519. The molecule has 0 spiro atoms. The van der Waals surface area contributed by atoms with Crippen molar-refractivity contribution in [3.05, 3.63) is 42.0 Å². The molecule has 0 aliphatic carbocycles. The van der Waals surface area contributed by atoms with Crippen molar-refractivity contribution in [1.82, 2.24) is 5.32 Å². The van der Waals surface area contributed by atoms with Gasteiger partial charge in [-0.3, -0.25) is 4.79 Å². The molecule has 1 aliphatic rings. The summed E-state index contributed by atoms with van der Waals surface area (Å²) in [5.41, 5.74) is 2.74. The molecule has 0 unspecified atom stereocenters. The van der Waals surface area contributed by atoms with Gasteiger partial charge in [-0.15, -0.1) is 0 Å². The highest BCUT2D eigenvalue weighted by atomic mass is 16.2. The predicted molar refractivity (Wildman–Crippen MR) is 84.1 cm³/mol. The Hall–Kier alpha value is -1.61. The summed E-state index contributed by atoms with van der Waals surface area (Å²) >= 11 is 0. The first-order valence-corrected chi connectivity index (χ1v) is 7.27. The highest BCUT2D eigenvalue weighted by molar-refractivity contribution is 6.07. The Labute approximate surface area is 121 Å². The van der Waals surface area contributed by atoms with Crippen molar-refractivity contribution in [2.45, 2.75) is 32.6 Å². The maximum absolute atomic E-state index is 12.6. The van der Waals surface area contributed by atoms with Gasteiger partial charge in [0.2, 0.25) is 5.91 Å². The molecule has 0 bridgehead atoms. The van der Waals surface area contributed by atoms with E-state index in [0.717, 1.165) is 36.3 Å². The molecule has 3 heteroatoms. The van der Waals surface area contributed by atoms with Gasteiger partial charge in [-0.25, -0.2) is 0 Å². The number of hydrogen-bond acceptors (Lipinski definition) is 2. The van der Waals surface area contributed by atoms with Gasteiger partial charge in [0.25, 0.3) is 0 Å². The van der Waals surface area contributed by atoms with Gasteiger partial charge < -0.3 is 10.2 Å². The molecule has 0 saturated carbocycles. The summed E-state index contributed by atoms with van der Waals surface area (Å²) in [7, 11) is 0. The van der Waals surface area contributed by atoms with Crippen LogP contribution in [0.5, 0.6) is 0 Å². The summed E-state index contributed by atoms with van der Waals surface area (Å²) in [6.07, 6.45) is 1.10. The summed E-state index contributed by atoms with van der Waals surface area (Å²) in [6, 6.07) is 8.05. The average molecular weight is 272 g/mol. The minimum Gasteiger partial charge on any atom is -0.313 e. The Morgan fingerprint density at radius 3 is 2.75 bits per heavy atom. The van der Waals surface area contributed by atoms with Crippen LogP contribution in [-0.2, 0) is 10.2 Å². The number of nitrogens with zero attached hydrogens (tertiary/aromatic N) is 1. The maximum Gasteiger partial charge on any atom is 0.237 e. The zero-order valence-corrected chi connectivity index (χ0v) is 12.7. The van der Waals surface area contributed by atoms with Crippen LogP contribution in [0.2, 0.25) is 0 Å². The number of carbonyl (C=O) groups is 1. The molecule has 0 saturated heterocycles. The van der Waals surface area contributed by atoms with Crippen molar-refractivity contribution in [3.63, 3.8) is 0 Å². The van der Waals surface area contributed by atoms with Crippen molar-refractivity contribution >= 4 is 11.6 Å². The van der Waals surface area contributed by atoms with Crippen molar-refractivity contribution in [1.29, 1.82) is 0 Å². The lowest BCUT2D eigenvalue weighted by molar-refractivity contribution is -0.122. The number of rotatable bonds is 6. The first-order valence-electron chi connectivity index (χ1n) is 7.27. The molecule has 0 radical (unpaired) electrons. The molecule has 3 nitrogen and oxygen atoms in total. The third-order valence-electron chi connectivity index (χ3n) is 3.83. The van der Waals surface area contributed by atoms with Gasteiger partial charge >= 0.3 is 0 Å². The van der Waals surface area contributed by atoms with E-state index < -0.39 is 5.41 Å². The van der Waals surface area contributed by atoms with Gasteiger partial charge in [-0.05, 0) is 44.0 Å². The van der Waals surface area contributed by atoms with Crippen LogP contribution < -0.4 is 10.2 Å². The van der Waals surface area contributed by atoms with Crippen LogP contribution in [0.3, 0.4) is 0 Å². The predicted octanol–water partition coefficient (Wildman–Crippen LogP) is 2.87. The molecule has 1 heterocycles. The number of anilines is 1. The molecule has 0 fully saturated rings. The van der Waals surface area contributed by atoms with Crippen molar-refractivity contribution in [2.24, 2.45) is 0 Å². The number of fused-ring (bicyclic) bond motifs is 1. The topological polar surface area (TPSA) is 32.3 Å². The molecule has 1 aromatic rings. The second-order valence-electron chi connectivity index (χ2n) is 5.96. The zero-order chi connectivity index (χ0) is 14.8. The molecule has 0 atom stereocenters. The van der Waals surface area contributed by atoms with E-state index in [9.17, 15) is 4.79 Å². The Morgan fingerprint density at radius 1 is 1.35 bits per heavy atom. The van der Waals surface area contributed by atoms with Gasteiger partial charge in [0.05, 0.1) is 5.41 Å². The standard InChI is InChI=1S/C17H24N2O/c1-5-10-18-11-13(2)12-19-15-9-7-6-8-14(15)17(3,4)16(19)20/h6-9,18H,2,5,10-12H2,1,3-4H3. The van der Waals surface area contributed by atoms with Crippen LogP contribution >= 0.6 is 0 Å². The summed E-state index contributed by atoms with van der Waals surface area (Å²) < 4.78 is 0. The van der Waals surface area contributed by atoms with E-state index in [1.165, 1.54) is 0 Å². The van der Waals surface area contributed by atoms with Crippen molar-refractivity contribution in [3.8, 4) is 0 Å². The van der Waals surface area contributed by atoms with Gasteiger partial charge in [0.15, 0.2) is 0 Å². The summed E-state index contributed by atoms with van der Waals surface area (Å²) in [6.45, 7) is 12.5. The van der Waals surface area contributed by atoms with Crippen LogP contribution in [0.1, 0.15) is 32.8 Å². The minimum atomic E-state index is -0.437. The summed E-state index contributed by atoms with van der Waals surface area (Å²) in [5, 5.41) is 3.33. The van der Waals surface area contributed by atoms with E-state index >= 15 is 0 Å². The molecule has 108 valence electrons. The smallest absolute Gasteiger partial charge is 0.237 e. The molecule has 1 aliphatic heterocycles. The van der Waals surface area contributed by atoms with Gasteiger partial charge in [0.1, 0.15) is 0 Å². The molecule has 2 rings (SSSR count). The van der Waals surface area contributed by atoms with Crippen LogP contribution in [0, 0.1) is 0 Å². The van der Waals surface area contributed by atoms with Crippen molar-refractivity contribution < 1.29 is 4.79 Å². The second kappa shape index (κ2) is 5.80. The lowest BCUT2D eigenvalue weighted by atomic mass is 9.86. The highest BCUT2D eigenvalue weighted by Gasteiger charge is 2.43. The van der Waals surface area contributed by atoms with Crippen LogP contribution in [0.15, 0.2) is 36.4 Å². The quantitative estimate of drug-likeness (QED) is 0.638. The summed E-state index contributed by atoms with van der Waals surface area (Å²) in [5.74, 6) is 0.162. The first-order chi connectivity index (χ1) is 9.48. The fourth-order valence-corrected chi connectivity index (χ4v) is 2.68. The third kappa shape index (κ3) is 2.63. The lowest BCUT2D eigenvalue weighted by Gasteiger charge is -2.21. The van der Waals surface area contributed by atoms with Crippen molar-refractivity contribution in [2.75, 3.05) is 24.5 Å². The highest BCUT2D eigenvalue weighted by Crippen LogP contribution is 2.41. The number of hydrogen-bond donors (Lipinski definition) is 1. The zero-order valence-electron chi connectivity index (χ0n) is 12.7. The molecule has 0 aromatic heterocycles. The van der Waals surface area contributed by atoms with E-state index in [1.807, 2.05) is 43.0 Å². The molecular weight excluding hydrogens is 248 g/mol. The monoisotopic (exact) mass is 272 g/mol. The van der Waals surface area contributed by atoms with E-state index in [1.54, 1.807) is 0 Å². The van der Waals surface area contributed by atoms with E-state index in [2.05, 4.69) is 18.8 Å². The Kier molecular flexibility index (Phi) is 4.29. The lowest BCUT2D eigenvalue weighted by Crippen LogP contribution is -2.38. The Morgan fingerprint density at radius 2 is 2.05 bits per heavy atom. The molecule has 1 aromatic carbocycles. The number of benzene rings is 1. The SMILES string of the molecule is C=C(CNCCC)CN1C(=O)C(C)(C)c2ccccc21.